The third-order valence-corrected chi connectivity index (χ3v) is 2.94. The van der Waals surface area contributed by atoms with Gasteiger partial charge in [0.25, 0.3) is 0 Å². The Labute approximate surface area is 81.8 Å². The van der Waals surface area contributed by atoms with Crippen LogP contribution in [0.15, 0.2) is 6.20 Å². The number of anilines is 1. The second kappa shape index (κ2) is 2.47. The molecule has 0 radical (unpaired) electrons. The maximum atomic E-state index is 5.78. The zero-order valence-corrected chi connectivity index (χ0v) is 8.12. The lowest BCUT2D eigenvalue weighted by Gasteiger charge is -2.02. The summed E-state index contributed by atoms with van der Waals surface area (Å²) in [6.07, 6.45) is 5.12. The SMILES string of the molecule is Cc1c(N)cnc2c3c(nn12)CCC3. The molecule has 2 heterocycles. The van der Waals surface area contributed by atoms with E-state index in [1.165, 1.54) is 17.7 Å². The smallest absolute Gasteiger partial charge is 0.158 e. The van der Waals surface area contributed by atoms with Crippen molar-refractivity contribution in [1.82, 2.24) is 14.6 Å². The van der Waals surface area contributed by atoms with Gasteiger partial charge < -0.3 is 5.73 Å². The van der Waals surface area contributed by atoms with Crippen LogP contribution in [0.3, 0.4) is 0 Å². The minimum atomic E-state index is 0.707. The van der Waals surface area contributed by atoms with Crippen molar-refractivity contribution >= 4 is 11.3 Å². The summed E-state index contributed by atoms with van der Waals surface area (Å²) in [6, 6.07) is 0. The highest BCUT2D eigenvalue weighted by molar-refractivity contribution is 5.56. The van der Waals surface area contributed by atoms with E-state index in [0.717, 1.165) is 24.2 Å². The largest absolute Gasteiger partial charge is 0.396 e. The Morgan fingerprint density at radius 1 is 1.43 bits per heavy atom. The molecule has 0 saturated heterocycles. The second-order valence-corrected chi connectivity index (χ2v) is 3.81. The van der Waals surface area contributed by atoms with Crippen LogP contribution in [0, 0.1) is 6.92 Å². The van der Waals surface area contributed by atoms with Crippen LogP contribution in [-0.2, 0) is 12.8 Å². The molecule has 2 N–H and O–H groups in total. The molecule has 0 fully saturated rings. The first-order chi connectivity index (χ1) is 6.77. The molecule has 1 aliphatic rings. The van der Waals surface area contributed by atoms with E-state index in [2.05, 4.69) is 10.1 Å². The van der Waals surface area contributed by atoms with E-state index in [9.17, 15) is 0 Å². The topological polar surface area (TPSA) is 56.2 Å². The van der Waals surface area contributed by atoms with Crippen LogP contribution >= 0.6 is 0 Å². The summed E-state index contributed by atoms with van der Waals surface area (Å²) in [6.45, 7) is 1.98. The van der Waals surface area contributed by atoms with Crippen LogP contribution in [-0.4, -0.2) is 14.6 Å². The van der Waals surface area contributed by atoms with Crippen molar-refractivity contribution in [3.8, 4) is 0 Å². The molecule has 0 aromatic carbocycles. The van der Waals surface area contributed by atoms with Gasteiger partial charge in [0.15, 0.2) is 5.65 Å². The molecule has 0 bridgehead atoms. The molecule has 72 valence electrons. The number of hydrogen-bond donors (Lipinski definition) is 1. The standard InChI is InChI=1S/C10H12N4/c1-6-8(11)5-12-10-7-3-2-4-9(7)13-14(6)10/h5H,2-4,11H2,1H3. The van der Waals surface area contributed by atoms with Gasteiger partial charge in [0.1, 0.15) is 0 Å². The average molecular weight is 188 g/mol. The molecule has 4 heteroatoms. The molecule has 2 aromatic rings. The predicted molar refractivity (Wildman–Crippen MR) is 54.2 cm³/mol. The first kappa shape index (κ1) is 7.79. The lowest BCUT2D eigenvalue weighted by molar-refractivity contribution is 0.817. The fourth-order valence-corrected chi connectivity index (χ4v) is 2.09. The second-order valence-electron chi connectivity index (χ2n) is 3.81. The van der Waals surface area contributed by atoms with Gasteiger partial charge >= 0.3 is 0 Å². The zero-order chi connectivity index (χ0) is 9.71. The van der Waals surface area contributed by atoms with Crippen LogP contribution in [0.5, 0.6) is 0 Å². The monoisotopic (exact) mass is 188 g/mol. The maximum absolute atomic E-state index is 5.78. The molecule has 14 heavy (non-hydrogen) atoms. The summed E-state index contributed by atoms with van der Waals surface area (Å²) < 4.78 is 1.87. The fourth-order valence-electron chi connectivity index (χ4n) is 2.09. The lowest BCUT2D eigenvalue weighted by Crippen LogP contribution is -2.02. The summed E-state index contributed by atoms with van der Waals surface area (Å²) in [7, 11) is 0. The van der Waals surface area contributed by atoms with Gasteiger partial charge in [0, 0.05) is 5.56 Å². The summed E-state index contributed by atoms with van der Waals surface area (Å²) in [5, 5.41) is 4.53. The number of nitrogen functional groups attached to an aromatic ring is 1. The summed E-state index contributed by atoms with van der Waals surface area (Å²) in [4.78, 5) is 4.35. The summed E-state index contributed by atoms with van der Waals surface area (Å²) in [5.41, 5.74) is 11.0. The highest BCUT2D eigenvalue weighted by Gasteiger charge is 2.19. The molecule has 4 nitrogen and oxygen atoms in total. The normalized spacial score (nSPS) is 14.9. The van der Waals surface area contributed by atoms with Gasteiger partial charge in [-0.3, -0.25) is 0 Å². The number of fused-ring (bicyclic) bond motifs is 3. The first-order valence-corrected chi connectivity index (χ1v) is 4.89. The van der Waals surface area contributed by atoms with Crippen LogP contribution < -0.4 is 5.73 Å². The number of nitrogens with two attached hydrogens (primary N) is 1. The van der Waals surface area contributed by atoms with Gasteiger partial charge in [0.2, 0.25) is 0 Å². The number of nitrogens with zero attached hydrogens (tertiary/aromatic N) is 3. The van der Waals surface area contributed by atoms with Gasteiger partial charge in [-0.2, -0.15) is 5.10 Å². The third-order valence-electron chi connectivity index (χ3n) is 2.94. The molecule has 1 aliphatic carbocycles. The van der Waals surface area contributed by atoms with E-state index in [0.29, 0.717) is 5.69 Å². The van der Waals surface area contributed by atoms with Gasteiger partial charge in [0.05, 0.1) is 23.3 Å². The van der Waals surface area contributed by atoms with Crippen LogP contribution in [0.1, 0.15) is 23.4 Å². The van der Waals surface area contributed by atoms with Gasteiger partial charge in [-0.05, 0) is 26.2 Å². The molecule has 0 spiro atoms. The fraction of sp³-hybridized carbons (Fsp3) is 0.400. The van der Waals surface area contributed by atoms with Crippen molar-refractivity contribution in [3.05, 3.63) is 23.1 Å². The van der Waals surface area contributed by atoms with E-state index in [-0.39, 0.29) is 0 Å². The average Bonchev–Trinajstić information content (AvgIpc) is 2.71. The first-order valence-electron chi connectivity index (χ1n) is 4.89. The molecule has 0 unspecified atom stereocenters. The van der Waals surface area contributed by atoms with Crippen LogP contribution in [0.4, 0.5) is 5.69 Å². The Bertz CT molecular complexity index is 512. The quantitative estimate of drug-likeness (QED) is 0.673. The van der Waals surface area contributed by atoms with Gasteiger partial charge in [-0.1, -0.05) is 0 Å². The molecule has 0 aliphatic heterocycles. The maximum Gasteiger partial charge on any atom is 0.158 e. The Hall–Kier alpha value is -1.58. The molecule has 0 saturated carbocycles. The van der Waals surface area contributed by atoms with Crippen molar-refractivity contribution in [2.45, 2.75) is 26.2 Å². The Morgan fingerprint density at radius 3 is 3.14 bits per heavy atom. The summed E-state index contributed by atoms with van der Waals surface area (Å²) in [5.74, 6) is 0. The van der Waals surface area contributed by atoms with Crippen molar-refractivity contribution in [3.63, 3.8) is 0 Å². The Kier molecular flexibility index (Phi) is 1.37. The molecule has 3 rings (SSSR count). The molecular formula is C10H12N4. The molecule has 0 atom stereocenters. The highest BCUT2D eigenvalue weighted by Crippen LogP contribution is 2.25. The van der Waals surface area contributed by atoms with Gasteiger partial charge in [-0.25, -0.2) is 9.50 Å². The number of hydrogen-bond acceptors (Lipinski definition) is 3. The Balaban J connectivity index is 2.43. The van der Waals surface area contributed by atoms with E-state index in [1.807, 2.05) is 11.4 Å². The van der Waals surface area contributed by atoms with E-state index in [1.54, 1.807) is 6.20 Å². The highest BCUT2D eigenvalue weighted by atomic mass is 15.3. The molecule has 2 aromatic heterocycles. The Morgan fingerprint density at radius 2 is 2.29 bits per heavy atom. The van der Waals surface area contributed by atoms with Crippen molar-refractivity contribution in [1.29, 1.82) is 0 Å². The van der Waals surface area contributed by atoms with Crippen molar-refractivity contribution in [2.24, 2.45) is 0 Å². The van der Waals surface area contributed by atoms with Gasteiger partial charge in [-0.15, -0.1) is 0 Å². The third kappa shape index (κ3) is 0.828. The lowest BCUT2D eigenvalue weighted by atomic mass is 10.2. The van der Waals surface area contributed by atoms with Crippen molar-refractivity contribution < 1.29 is 0 Å². The van der Waals surface area contributed by atoms with Crippen LogP contribution in [0.2, 0.25) is 0 Å². The minimum Gasteiger partial charge on any atom is -0.396 e. The van der Waals surface area contributed by atoms with E-state index in [4.69, 9.17) is 5.73 Å². The number of aryl methyl sites for hydroxylation is 3. The van der Waals surface area contributed by atoms with Crippen LogP contribution in [0.25, 0.3) is 5.65 Å². The minimum absolute atomic E-state index is 0.707. The zero-order valence-electron chi connectivity index (χ0n) is 8.12. The molecular weight excluding hydrogens is 176 g/mol. The summed E-state index contributed by atoms with van der Waals surface area (Å²) >= 11 is 0. The van der Waals surface area contributed by atoms with E-state index >= 15 is 0 Å². The van der Waals surface area contributed by atoms with Crippen molar-refractivity contribution in [2.75, 3.05) is 5.73 Å². The number of aromatic nitrogens is 3. The predicted octanol–water partition coefficient (Wildman–Crippen LogP) is 1.11. The van der Waals surface area contributed by atoms with E-state index < -0.39 is 0 Å². The number of rotatable bonds is 0. The molecule has 0 amide bonds.